The van der Waals surface area contributed by atoms with Crippen LogP contribution in [0.1, 0.15) is 22.7 Å². The van der Waals surface area contributed by atoms with Crippen molar-refractivity contribution in [2.75, 3.05) is 17.2 Å². The molecular formula is C27H26N8O3. The number of nitrogens with one attached hydrogen (secondary N) is 4. The highest BCUT2D eigenvalue weighted by molar-refractivity contribution is 6.01. The van der Waals surface area contributed by atoms with E-state index in [2.05, 4.69) is 36.0 Å². The molecular weight excluding hydrogens is 484 g/mol. The van der Waals surface area contributed by atoms with Gasteiger partial charge >= 0.3 is 6.03 Å². The number of hydrogen-bond donors (Lipinski definition) is 4. The lowest BCUT2D eigenvalue weighted by atomic mass is 10.2. The maximum absolute atomic E-state index is 12.5. The van der Waals surface area contributed by atoms with Gasteiger partial charge in [0.15, 0.2) is 0 Å². The fraction of sp³-hybridized carbons (Fsp3) is 0.148. The molecule has 3 amide bonds. The van der Waals surface area contributed by atoms with Crippen molar-refractivity contribution in [2.45, 2.75) is 12.8 Å². The number of carbonyl (C=O) groups is 2. The summed E-state index contributed by atoms with van der Waals surface area (Å²) in [5.41, 5.74) is 2.51. The molecule has 0 aliphatic rings. The monoisotopic (exact) mass is 510 g/mol. The van der Waals surface area contributed by atoms with Crippen LogP contribution < -0.4 is 20.7 Å². The summed E-state index contributed by atoms with van der Waals surface area (Å²) >= 11 is 0. The van der Waals surface area contributed by atoms with E-state index in [1.807, 2.05) is 25.2 Å². The zero-order chi connectivity index (χ0) is 26.3. The van der Waals surface area contributed by atoms with Gasteiger partial charge in [-0.2, -0.15) is 5.10 Å². The van der Waals surface area contributed by atoms with Crippen molar-refractivity contribution < 1.29 is 14.3 Å². The van der Waals surface area contributed by atoms with Gasteiger partial charge in [0.25, 0.3) is 5.91 Å². The summed E-state index contributed by atoms with van der Waals surface area (Å²) in [5, 5.41) is 13.6. The van der Waals surface area contributed by atoms with Crippen LogP contribution in [-0.2, 0) is 13.5 Å². The molecule has 0 spiro atoms. The van der Waals surface area contributed by atoms with E-state index < -0.39 is 0 Å². The molecule has 5 aromatic rings. The van der Waals surface area contributed by atoms with E-state index in [9.17, 15) is 9.59 Å². The molecule has 3 aromatic heterocycles. The van der Waals surface area contributed by atoms with Gasteiger partial charge in [-0.15, -0.1) is 0 Å². The Morgan fingerprint density at radius 2 is 1.76 bits per heavy atom. The van der Waals surface area contributed by atoms with Crippen molar-refractivity contribution in [3.05, 3.63) is 90.9 Å². The second-order valence-corrected chi connectivity index (χ2v) is 8.52. The fourth-order valence-electron chi connectivity index (χ4n) is 3.86. The van der Waals surface area contributed by atoms with Crippen molar-refractivity contribution >= 4 is 34.2 Å². The lowest BCUT2D eigenvalue weighted by molar-refractivity contribution is 0.0948. The molecule has 4 N–H and O–H groups in total. The van der Waals surface area contributed by atoms with Gasteiger partial charge in [-0.25, -0.2) is 9.78 Å². The van der Waals surface area contributed by atoms with Crippen LogP contribution in [0.2, 0.25) is 0 Å². The Bertz CT molecular complexity index is 1540. The van der Waals surface area contributed by atoms with Crippen LogP contribution >= 0.6 is 0 Å². The highest BCUT2D eigenvalue weighted by Crippen LogP contribution is 2.24. The standard InChI is InChI=1S/C27H26N8O3/c1-35-24-9-6-20(15-18(24)17-32-35)34-27(37)33-19-4-7-21(8-5-19)38-22-10-12-28-23(16-22)26(36)31-11-2-3-25-29-13-14-30-25/h4-10,12-17H,2-3,11H2,1H3,(H,29,30)(H,31,36)(H2,33,34,37). The lowest BCUT2D eigenvalue weighted by Crippen LogP contribution is -2.25. The average molecular weight is 511 g/mol. The number of anilines is 2. The molecule has 0 atom stereocenters. The fourth-order valence-corrected chi connectivity index (χ4v) is 3.86. The number of hydrogen-bond acceptors (Lipinski definition) is 6. The Kier molecular flexibility index (Phi) is 7.25. The number of H-pyrrole nitrogens is 1. The molecule has 11 nitrogen and oxygen atoms in total. The van der Waals surface area contributed by atoms with Gasteiger partial charge in [-0.3, -0.25) is 14.5 Å². The molecule has 11 heteroatoms. The largest absolute Gasteiger partial charge is 0.457 e. The quantitative estimate of drug-likeness (QED) is 0.216. The van der Waals surface area contributed by atoms with Gasteiger partial charge in [-0.05, 0) is 55.0 Å². The summed E-state index contributed by atoms with van der Waals surface area (Å²) in [4.78, 5) is 36.2. The van der Waals surface area contributed by atoms with E-state index in [0.29, 0.717) is 29.4 Å². The van der Waals surface area contributed by atoms with Gasteiger partial charge in [0, 0.05) is 61.4 Å². The molecule has 0 radical (unpaired) electrons. The van der Waals surface area contributed by atoms with Crippen molar-refractivity contribution in [1.82, 2.24) is 30.0 Å². The predicted molar refractivity (Wildman–Crippen MR) is 143 cm³/mol. The number of nitrogens with zero attached hydrogens (tertiary/aromatic N) is 4. The van der Waals surface area contributed by atoms with Crippen LogP contribution in [-0.4, -0.2) is 43.2 Å². The molecule has 0 aliphatic carbocycles. The third kappa shape index (κ3) is 6.13. The lowest BCUT2D eigenvalue weighted by Gasteiger charge is -2.10. The summed E-state index contributed by atoms with van der Waals surface area (Å²) < 4.78 is 7.65. The minimum atomic E-state index is -0.365. The van der Waals surface area contributed by atoms with Crippen LogP contribution in [0.3, 0.4) is 0 Å². The van der Waals surface area contributed by atoms with Crippen LogP contribution in [0.4, 0.5) is 16.2 Å². The number of imidazole rings is 1. The van der Waals surface area contributed by atoms with Gasteiger partial charge in [-0.1, -0.05) is 0 Å². The average Bonchev–Trinajstić information content (AvgIpc) is 3.57. The Balaban J connectivity index is 1.11. The Hall–Kier alpha value is -5.19. The van der Waals surface area contributed by atoms with Gasteiger partial charge in [0.05, 0.1) is 11.7 Å². The topological polar surface area (TPSA) is 139 Å². The zero-order valence-corrected chi connectivity index (χ0v) is 20.6. The number of urea groups is 1. The smallest absolute Gasteiger partial charge is 0.323 e. The summed E-state index contributed by atoms with van der Waals surface area (Å²) in [5.74, 6) is 1.64. The Labute approximate surface area is 218 Å². The van der Waals surface area contributed by atoms with Gasteiger partial charge in [0.2, 0.25) is 0 Å². The zero-order valence-electron chi connectivity index (χ0n) is 20.6. The van der Waals surface area contributed by atoms with Crippen LogP contribution in [0.5, 0.6) is 11.5 Å². The number of aryl methyl sites for hydroxylation is 2. The minimum absolute atomic E-state index is 0.264. The van der Waals surface area contributed by atoms with Gasteiger partial charge < -0.3 is 25.7 Å². The highest BCUT2D eigenvalue weighted by Gasteiger charge is 2.10. The molecule has 0 fully saturated rings. The SMILES string of the molecule is Cn1ncc2cc(NC(=O)Nc3ccc(Oc4ccnc(C(=O)NCCCc5ncc[nH]5)c4)cc3)ccc21. The number of amides is 3. The van der Waals surface area contributed by atoms with E-state index in [1.165, 1.54) is 6.20 Å². The van der Waals surface area contributed by atoms with Crippen LogP contribution in [0, 0.1) is 0 Å². The first kappa shape index (κ1) is 24.5. The first-order chi connectivity index (χ1) is 18.5. The number of pyridine rings is 1. The number of carbonyl (C=O) groups excluding carboxylic acids is 2. The summed E-state index contributed by atoms with van der Waals surface area (Å²) in [6.07, 6.45) is 8.26. The normalized spacial score (nSPS) is 10.8. The summed E-state index contributed by atoms with van der Waals surface area (Å²) in [6.45, 7) is 0.506. The highest BCUT2D eigenvalue weighted by atomic mass is 16.5. The third-order valence-electron chi connectivity index (χ3n) is 5.75. The molecule has 3 heterocycles. The molecule has 0 unspecified atom stereocenters. The van der Waals surface area contributed by atoms with Crippen LogP contribution in [0.15, 0.2) is 79.4 Å². The minimum Gasteiger partial charge on any atom is -0.457 e. The molecule has 0 saturated carbocycles. The molecule has 0 aliphatic heterocycles. The number of rotatable bonds is 9. The van der Waals surface area contributed by atoms with E-state index in [4.69, 9.17) is 4.74 Å². The van der Waals surface area contributed by atoms with Crippen LogP contribution in [0.25, 0.3) is 10.9 Å². The second-order valence-electron chi connectivity index (χ2n) is 8.52. The van der Waals surface area contributed by atoms with E-state index in [1.54, 1.807) is 59.7 Å². The maximum atomic E-state index is 12.5. The molecule has 38 heavy (non-hydrogen) atoms. The van der Waals surface area contributed by atoms with Crippen molar-refractivity contribution in [1.29, 1.82) is 0 Å². The molecule has 0 bridgehead atoms. The molecule has 192 valence electrons. The Morgan fingerprint density at radius 3 is 2.58 bits per heavy atom. The number of benzene rings is 2. The first-order valence-corrected chi connectivity index (χ1v) is 12.0. The first-order valence-electron chi connectivity index (χ1n) is 12.0. The van der Waals surface area contributed by atoms with E-state index in [0.717, 1.165) is 29.6 Å². The van der Waals surface area contributed by atoms with E-state index in [-0.39, 0.29) is 17.6 Å². The third-order valence-corrected chi connectivity index (χ3v) is 5.75. The summed E-state index contributed by atoms with van der Waals surface area (Å²) in [6, 6.07) is 15.4. The summed E-state index contributed by atoms with van der Waals surface area (Å²) in [7, 11) is 1.87. The molecule has 5 rings (SSSR count). The van der Waals surface area contributed by atoms with Gasteiger partial charge in [0.1, 0.15) is 23.0 Å². The maximum Gasteiger partial charge on any atom is 0.323 e. The number of aromatic amines is 1. The molecule has 0 saturated heterocycles. The second kappa shape index (κ2) is 11.2. The molecule has 2 aromatic carbocycles. The van der Waals surface area contributed by atoms with Crippen molar-refractivity contribution in [2.24, 2.45) is 7.05 Å². The number of ether oxygens (including phenoxy) is 1. The number of fused-ring (bicyclic) bond motifs is 1. The van der Waals surface area contributed by atoms with Crippen molar-refractivity contribution in [3.8, 4) is 11.5 Å². The van der Waals surface area contributed by atoms with Crippen molar-refractivity contribution in [3.63, 3.8) is 0 Å². The van der Waals surface area contributed by atoms with E-state index >= 15 is 0 Å². The number of aromatic nitrogens is 5. The predicted octanol–water partition coefficient (Wildman–Crippen LogP) is 4.49. The Morgan fingerprint density at radius 1 is 0.947 bits per heavy atom.